The van der Waals surface area contributed by atoms with E-state index in [0.29, 0.717) is 17.1 Å². The molecule has 0 aromatic carbocycles. The van der Waals surface area contributed by atoms with Crippen LogP contribution in [-0.2, 0) is 6.18 Å². The number of ether oxygens (including phenoxy) is 1. The van der Waals surface area contributed by atoms with Gasteiger partial charge in [0.05, 0.1) is 18.2 Å². The molecule has 0 spiro atoms. The van der Waals surface area contributed by atoms with Crippen molar-refractivity contribution in [3.8, 4) is 5.88 Å². The minimum absolute atomic E-state index is 0.00928. The summed E-state index contributed by atoms with van der Waals surface area (Å²) in [5.41, 5.74) is 0.321. The molecule has 2 aromatic heterocycles. The highest BCUT2D eigenvalue weighted by Crippen LogP contribution is 2.38. The van der Waals surface area contributed by atoms with Gasteiger partial charge in [0.15, 0.2) is 0 Å². The van der Waals surface area contributed by atoms with Crippen LogP contribution in [0.2, 0.25) is 0 Å². The maximum absolute atomic E-state index is 13.0. The second-order valence-corrected chi connectivity index (χ2v) is 7.66. The summed E-state index contributed by atoms with van der Waals surface area (Å²) >= 11 is 0. The van der Waals surface area contributed by atoms with Crippen LogP contribution >= 0.6 is 0 Å². The van der Waals surface area contributed by atoms with Crippen LogP contribution < -0.4 is 10.1 Å². The predicted molar refractivity (Wildman–Crippen MR) is 106 cm³/mol. The molecule has 1 amide bonds. The molecule has 3 rings (SSSR count). The molecule has 1 aliphatic carbocycles. The first-order valence-electron chi connectivity index (χ1n) is 10.2. The van der Waals surface area contributed by atoms with Crippen LogP contribution in [0.3, 0.4) is 0 Å². The molecule has 1 N–H and O–H groups in total. The molecule has 1 fully saturated rings. The van der Waals surface area contributed by atoms with Crippen molar-refractivity contribution in [2.45, 2.75) is 57.2 Å². The highest BCUT2D eigenvalue weighted by molar-refractivity contribution is 5.94. The Morgan fingerprint density at radius 1 is 1.20 bits per heavy atom. The highest BCUT2D eigenvalue weighted by Gasteiger charge is 2.33. The number of halogens is 3. The Kier molecular flexibility index (Phi) is 6.95. The summed E-state index contributed by atoms with van der Waals surface area (Å²) in [7, 11) is 1.51. The van der Waals surface area contributed by atoms with Gasteiger partial charge in [-0.15, -0.1) is 0 Å². The number of hydrogen-bond acceptors (Lipinski definition) is 4. The quantitative estimate of drug-likeness (QED) is 0.714. The molecule has 30 heavy (non-hydrogen) atoms. The summed E-state index contributed by atoms with van der Waals surface area (Å²) < 4.78 is 43.9. The number of nitrogens with one attached hydrogen (secondary N) is 1. The van der Waals surface area contributed by atoms with Crippen molar-refractivity contribution in [2.75, 3.05) is 7.11 Å². The maximum Gasteiger partial charge on any atom is 0.416 e. The Labute approximate surface area is 174 Å². The standard InChI is InChI=1S/C22H26F3N3O2/c1-3-18(28-21(29)16-8-9-20(30-2)27-13-16)14-4-6-15(7-5-14)19-12-17(10-11-26-19)22(23,24)25/h8-15,18H,3-7H2,1-2H3,(H,28,29)/t14?,15?,18-/m1/s1. The summed E-state index contributed by atoms with van der Waals surface area (Å²) in [6.45, 7) is 2.03. The van der Waals surface area contributed by atoms with Crippen molar-refractivity contribution in [3.05, 3.63) is 53.5 Å². The number of pyridine rings is 2. The molecule has 1 saturated carbocycles. The molecular weight excluding hydrogens is 395 g/mol. The Morgan fingerprint density at radius 2 is 1.93 bits per heavy atom. The molecular formula is C22H26F3N3O2. The fourth-order valence-electron chi connectivity index (χ4n) is 4.11. The zero-order valence-electron chi connectivity index (χ0n) is 17.1. The third-order valence-corrected chi connectivity index (χ3v) is 5.83. The lowest BCUT2D eigenvalue weighted by atomic mass is 9.76. The Balaban J connectivity index is 1.59. The number of rotatable bonds is 6. The maximum atomic E-state index is 13.0. The number of nitrogens with zero attached hydrogens (tertiary/aromatic N) is 2. The molecule has 0 unspecified atom stereocenters. The van der Waals surface area contributed by atoms with Crippen molar-refractivity contribution < 1.29 is 22.7 Å². The van der Waals surface area contributed by atoms with Gasteiger partial charge in [0.25, 0.3) is 5.91 Å². The van der Waals surface area contributed by atoms with E-state index < -0.39 is 11.7 Å². The average Bonchev–Trinajstić information content (AvgIpc) is 2.77. The van der Waals surface area contributed by atoms with Crippen molar-refractivity contribution in [2.24, 2.45) is 5.92 Å². The number of carbonyl (C=O) groups is 1. The number of hydrogen-bond donors (Lipinski definition) is 1. The van der Waals surface area contributed by atoms with Crippen molar-refractivity contribution >= 4 is 5.91 Å². The lowest BCUT2D eigenvalue weighted by Gasteiger charge is -2.34. The largest absolute Gasteiger partial charge is 0.481 e. The van der Waals surface area contributed by atoms with E-state index in [1.807, 2.05) is 6.92 Å². The van der Waals surface area contributed by atoms with Gasteiger partial charge in [-0.2, -0.15) is 13.2 Å². The third-order valence-electron chi connectivity index (χ3n) is 5.83. The lowest BCUT2D eigenvalue weighted by Crippen LogP contribution is -2.41. The molecule has 0 bridgehead atoms. The molecule has 1 atom stereocenters. The van der Waals surface area contributed by atoms with Gasteiger partial charge in [-0.3, -0.25) is 9.78 Å². The fraction of sp³-hybridized carbons (Fsp3) is 0.500. The molecule has 5 nitrogen and oxygen atoms in total. The number of methoxy groups -OCH3 is 1. The van der Waals surface area contributed by atoms with Crippen molar-refractivity contribution in [1.82, 2.24) is 15.3 Å². The Bertz CT molecular complexity index is 847. The summed E-state index contributed by atoms with van der Waals surface area (Å²) in [5, 5.41) is 3.09. The van der Waals surface area contributed by atoms with E-state index in [9.17, 15) is 18.0 Å². The second kappa shape index (κ2) is 9.45. The van der Waals surface area contributed by atoms with E-state index in [2.05, 4.69) is 15.3 Å². The predicted octanol–water partition coefficient (Wildman–Crippen LogP) is 4.99. The van der Waals surface area contributed by atoms with Crippen LogP contribution in [0.5, 0.6) is 5.88 Å². The third kappa shape index (κ3) is 5.29. The van der Waals surface area contributed by atoms with Crippen LogP contribution in [-0.4, -0.2) is 29.0 Å². The highest BCUT2D eigenvalue weighted by atomic mass is 19.4. The van der Waals surface area contributed by atoms with Crippen molar-refractivity contribution in [1.29, 1.82) is 0 Å². The summed E-state index contributed by atoms with van der Waals surface area (Å²) in [6, 6.07) is 5.50. The molecule has 1 aliphatic rings. The van der Waals surface area contributed by atoms with Gasteiger partial charge >= 0.3 is 6.18 Å². The first-order chi connectivity index (χ1) is 14.3. The van der Waals surface area contributed by atoms with E-state index in [4.69, 9.17) is 4.74 Å². The van der Waals surface area contributed by atoms with Gasteiger partial charge in [0, 0.05) is 36.1 Å². The zero-order valence-corrected chi connectivity index (χ0v) is 17.1. The fourth-order valence-corrected chi connectivity index (χ4v) is 4.11. The number of carbonyl (C=O) groups excluding carboxylic acids is 1. The second-order valence-electron chi connectivity index (χ2n) is 7.66. The van der Waals surface area contributed by atoms with Gasteiger partial charge < -0.3 is 10.1 Å². The molecule has 0 saturated heterocycles. The monoisotopic (exact) mass is 421 g/mol. The van der Waals surface area contributed by atoms with Crippen LogP contribution in [0.1, 0.15) is 66.6 Å². The topological polar surface area (TPSA) is 64.1 Å². The molecule has 0 radical (unpaired) electrons. The normalized spacial score (nSPS) is 20.4. The van der Waals surface area contributed by atoms with Gasteiger partial charge in [-0.05, 0) is 56.2 Å². The summed E-state index contributed by atoms with van der Waals surface area (Å²) in [6.07, 6.45) is 2.34. The van der Waals surface area contributed by atoms with Gasteiger partial charge in [-0.1, -0.05) is 6.92 Å². The summed E-state index contributed by atoms with van der Waals surface area (Å²) in [4.78, 5) is 20.8. The molecule has 2 aromatic rings. The van der Waals surface area contributed by atoms with Crippen molar-refractivity contribution in [3.63, 3.8) is 0 Å². The molecule has 8 heteroatoms. The van der Waals surface area contributed by atoms with Crippen LogP contribution in [0, 0.1) is 5.92 Å². The minimum Gasteiger partial charge on any atom is -0.481 e. The molecule has 162 valence electrons. The van der Waals surface area contributed by atoms with E-state index in [-0.39, 0.29) is 23.8 Å². The van der Waals surface area contributed by atoms with Crippen LogP contribution in [0.15, 0.2) is 36.7 Å². The van der Waals surface area contributed by atoms with Gasteiger partial charge in [-0.25, -0.2) is 4.98 Å². The summed E-state index contributed by atoms with van der Waals surface area (Å²) in [5.74, 6) is 0.563. The smallest absolute Gasteiger partial charge is 0.416 e. The Hall–Kier alpha value is -2.64. The molecule has 2 heterocycles. The van der Waals surface area contributed by atoms with E-state index in [1.165, 1.54) is 25.6 Å². The van der Waals surface area contributed by atoms with Gasteiger partial charge in [0.2, 0.25) is 5.88 Å². The van der Waals surface area contributed by atoms with E-state index >= 15 is 0 Å². The van der Waals surface area contributed by atoms with E-state index in [1.54, 1.807) is 12.1 Å². The van der Waals surface area contributed by atoms with Crippen LogP contribution in [0.4, 0.5) is 13.2 Å². The first-order valence-corrected chi connectivity index (χ1v) is 10.2. The molecule has 0 aliphatic heterocycles. The number of aromatic nitrogens is 2. The van der Waals surface area contributed by atoms with E-state index in [0.717, 1.165) is 38.2 Å². The minimum atomic E-state index is -4.36. The number of amides is 1. The Morgan fingerprint density at radius 3 is 2.50 bits per heavy atom. The van der Waals surface area contributed by atoms with Crippen LogP contribution in [0.25, 0.3) is 0 Å². The number of alkyl halides is 3. The SMILES string of the molecule is CC[C@@H](NC(=O)c1ccc(OC)nc1)C1CCC(c2cc(C(F)(F)F)ccn2)CC1. The van der Waals surface area contributed by atoms with Gasteiger partial charge in [0.1, 0.15) is 0 Å². The zero-order chi connectivity index (χ0) is 21.7. The average molecular weight is 421 g/mol. The first kappa shape index (κ1) is 22.1. The lowest BCUT2D eigenvalue weighted by molar-refractivity contribution is -0.137.